The first-order valence-electron chi connectivity index (χ1n) is 6.78. The summed E-state index contributed by atoms with van der Waals surface area (Å²) < 4.78 is 10.4. The summed E-state index contributed by atoms with van der Waals surface area (Å²) in [5.74, 6) is -0.467. The van der Waals surface area contributed by atoms with Gasteiger partial charge in [0.15, 0.2) is 0 Å². The molecule has 0 saturated carbocycles. The summed E-state index contributed by atoms with van der Waals surface area (Å²) in [6.45, 7) is 14.2. The molecule has 0 heterocycles. The number of esters is 1. The van der Waals surface area contributed by atoms with Crippen LogP contribution in [0.25, 0.3) is 0 Å². The second kappa shape index (κ2) is 7.31. The summed E-state index contributed by atoms with van der Waals surface area (Å²) >= 11 is 0. The number of ether oxygens (including phenoxy) is 2. The van der Waals surface area contributed by atoms with E-state index < -0.39 is 29.3 Å². The van der Waals surface area contributed by atoms with Crippen molar-refractivity contribution in [3.63, 3.8) is 0 Å². The smallest absolute Gasteiger partial charge is 0.408 e. The molecule has 1 N–H and O–H groups in total. The average Bonchev–Trinajstić information content (AvgIpc) is 2.18. The number of hydrogen-bond acceptors (Lipinski definition) is 4. The lowest BCUT2D eigenvalue weighted by molar-refractivity contribution is -0.157. The first kappa shape index (κ1) is 18.5. The summed E-state index contributed by atoms with van der Waals surface area (Å²) in [6.07, 6.45) is 2.09. The number of nitrogens with one attached hydrogen (secondary N) is 1. The standard InChI is InChI=1S/C15H27NO4/c1-8-9-10-11(12(17)19-14(2,3)4)16-13(18)20-15(5,6)7/h8,11H,1,9-10H2,2-7H3,(H,16,18)/t11-/m1/s1. The van der Waals surface area contributed by atoms with Crippen molar-refractivity contribution in [3.8, 4) is 0 Å². The van der Waals surface area contributed by atoms with Gasteiger partial charge in [0, 0.05) is 0 Å². The molecule has 0 aliphatic heterocycles. The molecule has 0 aromatic heterocycles. The number of hydrogen-bond donors (Lipinski definition) is 1. The first-order valence-corrected chi connectivity index (χ1v) is 6.78. The van der Waals surface area contributed by atoms with Crippen LogP contribution in [-0.4, -0.2) is 29.3 Å². The number of alkyl carbamates (subject to hydrolysis) is 1. The van der Waals surface area contributed by atoms with Crippen LogP contribution >= 0.6 is 0 Å². The fourth-order valence-electron chi connectivity index (χ4n) is 1.36. The van der Waals surface area contributed by atoms with Gasteiger partial charge in [-0.15, -0.1) is 6.58 Å². The molecule has 0 radical (unpaired) electrons. The molecule has 0 bridgehead atoms. The molecular formula is C15H27NO4. The van der Waals surface area contributed by atoms with Crippen molar-refractivity contribution in [3.05, 3.63) is 12.7 Å². The van der Waals surface area contributed by atoms with E-state index in [1.54, 1.807) is 47.6 Å². The summed E-state index contributed by atoms with van der Waals surface area (Å²) in [5.41, 5.74) is -1.21. The SMILES string of the molecule is C=CCC[C@@H](NC(=O)OC(C)(C)C)C(=O)OC(C)(C)C. The Morgan fingerprint density at radius 1 is 1.10 bits per heavy atom. The Labute approximate surface area is 121 Å². The first-order chi connectivity index (χ1) is 8.94. The van der Waals surface area contributed by atoms with Gasteiger partial charge in [-0.3, -0.25) is 0 Å². The van der Waals surface area contributed by atoms with Gasteiger partial charge in [-0.05, 0) is 54.4 Å². The zero-order valence-corrected chi connectivity index (χ0v) is 13.4. The van der Waals surface area contributed by atoms with Crippen LogP contribution in [-0.2, 0) is 14.3 Å². The van der Waals surface area contributed by atoms with Crippen molar-refractivity contribution in [1.82, 2.24) is 5.32 Å². The van der Waals surface area contributed by atoms with Crippen LogP contribution in [0, 0.1) is 0 Å². The number of amides is 1. The van der Waals surface area contributed by atoms with E-state index in [0.717, 1.165) is 0 Å². The maximum absolute atomic E-state index is 12.0. The average molecular weight is 285 g/mol. The predicted octanol–water partition coefficient (Wildman–Crippen LogP) is 3.19. The molecule has 0 spiro atoms. The van der Waals surface area contributed by atoms with Gasteiger partial charge < -0.3 is 14.8 Å². The van der Waals surface area contributed by atoms with E-state index in [1.165, 1.54) is 0 Å². The van der Waals surface area contributed by atoms with Gasteiger partial charge in [-0.2, -0.15) is 0 Å². The van der Waals surface area contributed by atoms with Crippen molar-refractivity contribution >= 4 is 12.1 Å². The highest BCUT2D eigenvalue weighted by molar-refractivity contribution is 5.81. The molecule has 0 fully saturated rings. The zero-order chi connectivity index (χ0) is 16.0. The maximum atomic E-state index is 12.0. The molecular weight excluding hydrogens is 258 g/mol. The minimum Gasteiger partial charge on any atom is -0.458 e. The molecule has 1 amide bonds. The molecule has 0 saturated heterocycles. The lowest BCUT2D eigenvalue weighted by Gasteiger charge is -2.26. The third kappa shape index (κ3) is 9.42. The van der Waals surface area contributed by atoms with Crippen molar-refractivity contribution < 1.29 is 19.1 Å². The Morgan fingerprint density at radius 3 is 2.00 bits per heavy atom. The lowest BCUT2D eigenvalue weighted by atomic mass is 10.1. The highest BCUT2D eigenvalue weighted by Crippen LogP contribution is 2.12. The largest absolute Gasteiger partial charge is 0.458 e. The van der Waals surface area contributed by atoms with Gasteiger partial charge in [-0.25, -0.2) is 9.59 Å². The molecule has 116 valence electrons. The highest BCUT2D eigenvalue weighted by Gasteiger charge is 2.27. The summed E-state index contributed by atoms with van der Waals surface area (Å²) in [6, 6.07) is -0.734. The van der Waals surface area contributed by atoms with E-state index in [0.29, 0.717) is 12.8 Å². The molecule has 20 heavy (non-hydrogen) atoms. The lowest BCUT2D eigenvalue weighted by Crippen LogP contribution is -2.45. The fraction of sp³-hybridized carbons (Fsp3) is 0.733. The van der Waals surface area contributed by atoms with Crippen LogP contribution in [0.2, 0.25) is 0 Å². The van der Waals surface area contributed by atoms with E-state index in [2.05, 4.69) is 11.9 Å². The number of carbonyl (C=O) groups is 2. The van der Waals surface area contributed by atoms with Crippen molar-refractivity contribution in [1.29, 1.82) is 0 Å². The highest BCUT2D eigenvalue weighted by atomic mass is 16.6. The van der Waals surface area contributed by atoms with Gasteiger partial charge in [0.05, 0.1) is 0 Å². The summed E-state index contributed by atoms with van der Waals surface area (Å²) in [5, 5.41) is 2.55. The molecule has 0 unspecified atom stereocenters. The van der Waals surface area contributed by atoms with Gasteiger partial charge in [0.2, 0.25) is 0 Å². The van der Waals surface area contributed by atoms with Crippen molar-refractivity contribution in [2.45, 2.75) is 71.6 Å². The van der Waals surface area contributed by atoms with Crippen LogP contribution in [0.15, 0.2) is 12.7 Å². The second-order valence-electron chi connectivity index (χ2n) is 6.60. The third-order valence-electron chi connectivity index (χ3n) is 2.04. The monoisotopic (exact) mass is 285 g/mol. The molecule has 0 aromatic carbocycles. The zero-order valence-electron chi connectivity index (χ0n) is 13.4. The minimum absolute atomic E-state index is 0.428. The van der Waals surface area contributed by atoms with E-state index in [-0.39, 0.29) is 0 Å². The van der Waals surface area contributed by atoms with E-state index >= 15 is 0 Å². The van der Waals surface area contributed by atoms with Gasteiger partial charge in [-0.1, -0.05) is 6.08 Å². The van der Waals surface area contributed by atoms with Crippen LogP contribution in [0.1, 0.15) is 54.4 Å². The predicted molar refractivity (Wildman–Crippen MR) is 78.4 cm³/mol. The molecule has 5 nitrogen and oxygen atoms in total. The fourth-order valence-corrected chi connectivity index (χ4v) is 1.36. The Morgan fingerprint density at radius 2 is 1.60 bits per heavy atom. The van der Waals surface area contributed by atoms with Crippen LogP contribution in [0.3, 0.4) is 0 Å². The normalized spacial score (nSPS) is 13.3. The molecule has 0 aliphatic rings. The molecule has 1 atom stereocenters. The Balaban J connectivity index is 4.67. The molecule has 0 aliphatic carbocycles. The van der Waals surface area contributed by atoms with E-state index in [9.17, 15) is 9.59 Å². The molecule has 0 aromatic rings. The summed E-state index contributed by atoms with van der Waals surface area (Å²) in [4.78, 5) is 23.8. The summed E-state index contributed by atoms with van der Waals surface area (Å²) in [7, 11) is 0. The van der Waals surface area contributed by atoms with E-state index in [1.807, 2.05) is 0 Å². The minimum atomic E-state index is -0.734. The Kier molecular flexibility index (Phi) is 6.76. The van der Waals surface area contributed by atoms with Gasteiger partial charge in [0.1, 0.15) is 17.2 Å². The Hall–Kier alpha value is -1.52. The number of allylic oxidation sites excluding steroid dienone is 1. The van der Waals surface area contributed by atoms with E-state index in [4.69, 9.17) is 9.47 Å². The van der Waals surface area contributed by atoms with Crippen LogP contribution < -0.4 is 5.32 Å². The molecule has 0 rings (SSSR count). The van der Waals surface area contributed by atoms with Crippen LogP contribution in [0.5, 0.6) is 0 Å². The third-order valence-corrected chi connectivity index (χ3v) is 2.04. The topological polar surface area (TPSA) is 64.6 Å². The maximum Gasteiger partial charge on any atom is 0.408 e. The number of rotatable bonds is 5. The second-order valence-corrected chi connectivity index (χ2v) is 6.60. The molecule has 5 heteroatoms. The van der Waals surface area contributed by atoms with Gasteiger partial charge in [0.25, 0.3) is 0 Å². The quantitative estimate of drug-likeness (QED) is 0.622. The van der Waals surface area contributed by atoms with Crippen LogP contribution in [0.4, 0.5) is 4.79 Å². The van der Waals surface area contributed by atoms with Gasteiger partial charge >= 0.3 is 12.1 Å². The van der Waals surface area contributed by atoms with Crippen molar-refractivity contribution in [2.75, 3.05) is 0 Å². The Bertz CT molecular complexity index is 350. The number of carbonyl (C=O) groups excluding carboxylic acids is 2. The van der Waals surface area contributed by atoms with Crippen molar-refractivity contribution in [2.24, 2.45) is 0 Å².